The summed E-state index contributed by atoms with van der Waals surface area (Å²) in [6.45, 7) is 9.79. The van der Waals surface area contributed by atoms with Gasteiger partial charge in [0.2, 0.25) is 0 Å². The summed E-state index contributed by atoms with van der Waals surface area (Å²) < 4.78 is 10.9. The molecule has 0 spiro atoms. The molecule has 6 nitrogen and oxygen atoms in total. The summed E-state index contributed by atoms with van der Waals surface area (Å²) in [5, 5.41) is 0.946. The second-order valence-electron chi connectivity index (χ2n) is 5.82. The van der Waals surface area contributed by atoms with Gasteiger partial charge < -0.3 is 14.4 Å². The van der Waals surface area contributed by atoms with Crippen molar-refractivity contribution in [2.75, 3.05) is 24.6 Å². The normalized spacial score (nSPS) is 21.7. The Morgan fingerprint density at radius 2 is 2.09 bits per heavy atom. The van der Waals surface area contributed by atoms with Gasteiger partial charge in [-0.15, -0.1) is 11.3 Å². The number of esters is 1. The molecule has 2 atom stereocenters. The van der Waals surface area contributed by atoms with Crippen molar-refractivity contribution < 1.29 is 14.3 Å². The van der Waals surface area contributed by atoms with Gasteiger partial charge >= 0.3 is 5.97 Å². The molecule has 0 N–H and O–H groups in total. The Kier molecular flexibility index (Phi) is 4.50. The number of carbonyl (C=O) groups is 1. The summed E-state index contributed by atoms with van der Waals surface area (Å²) in [6.07, 6.45) is 1.85. The van der Waals surface area contributed by atoms with Crippen LogP contribution in [0.15, 0.2) is 6.33 Å². The van der Waals surface area contributed by atoms with E-state index in [-0.39, 0.29) is 18.2 Å². The SMILES string of the molecule is CCOC(=O)c1sc2ncnc(N3CC(C)OC(C)C3)c2c1C. The van der Waals surface area contributed by atoms with E-state index in [4.69, 9.17) is 9.47 Å². The van der Waals surface area contributed by atoms with Crippen molar-refractivity contribution in [3.8, 4) is 0 Å². The van der Waals surface area contributed by atoms with Gasteiger partial charge in [0.1, 0.15) is 21.9 Å². The molecule has 1 saturated heterocycles. The lowest BCUT2D eigenvalue weighted by Crippen LogP contribution is -2.46. The van der Waals surface area contributed by atoms with E-state index >= 15 is 0 Å². The molecule has 23 heavy (non-hydrogen) atoms. The Morgan fingerprint density at radius 3 is 2.74 bits per heavy atom. The van der Waals surface area contributed by atoms with E-state index in [1.54, 1.807) is 6.33 Å². The van der Waals surface area contributed by atoms with E-state index in [2.05, 4.69) is 28.7 Å². The van der Waals surface area contributed by atoms with Crippen molar-refractivity contribution in [3.63, 3.8) is 0 Å². The second kappa shape index (κ2) is 6.41. The average Bonchev–Trinajstić information content (AvgIpc) is 2.84. The fourth-order valence-electron chi connectivity index (χ4n) is 3.03. The van der Waals surface area contributed by atoms with Gasteiger partial charge in [0.05, 0.1) is 24.2 Å². The monoisotopic (exact) mass is 335 g/mol. The zero-order valence-corrected chi connectivity index (χ0v) is 14.6. The summed E-state index contributed by atoms with van der Waals surface area (Å²) >= 11 is 1.37. The molecule has 0 saturated carbocycles. The van der Waals surface area contributed by atoms with Crippen molar-refractivity contribution >= 4 is 33.3 Å². The zero-order chi connectivity index (χ0) is 16.6. The highest BCUT2D eigenvalue weighted by Crippen LogP contribution is 2.36. The first-order valence-corrected chi connectivity index (χ1v) is 8.64. The topological polar surface area (TPSA) is 64.5 Å². The molecule has 0 aromatic carbocycles. The van der Waals surface area contributed by atoms with Gasteiger partial charge in [0.15, 0.2) is 0 Å². The number of hydrogen-bond donors (Lipinski definition) is 0. The number of aromatic nitrogens is 2. The van der Waals surface area contributed by atoms with E-state index in [1.807, 2.05) is 13.8 Å². The lowest BCUT2D eigenvalue weighted by Gasteiger charge is -2.36. The summed E-state index contributed by atoms with van der Waals surface area (Å²) in [6, 6.07) is 0. The number of fused-ring (bicyclic) bond motifs is 1. The zero-order valence-electron chi connectivity index (χ0n) is 13.8. The summed E-state index contributed by atoms with van der Waals surface area (Å²) in [7, 11) is 0. The molecule has 0 amide bonds. The van der Waals surface area contributed by atoms with Crippen LogP contribution in [0, 0.1) is 6.92 Å². The van der Waals surface area contributed by atoms with Crippen LogP contribution in [0.1, 0.15) is 36.0 Å². The van der Waals surface area contributed by atoms with Gasteiger partial charge in [0.25, 0.3) is 0 Å². The number of nitrogens with zero attached hydrogens (tertiary/aromatic N) is 3. The van der Waals surface area contributed by atoms with Crippen molar-refractivity contribution in [1.29, 1.82) is 0 Å². The molecule has 3 rings (SSSR count). The molecule has 3 heterocycles. The van der Waals surface area contributed by atoms with Gasteiger partial charge in [0, 0.05) is 13.1 Å². The van der Waals surface area contributed by atoms with Crippen LogP contribution in [0.25, 0.3) is 10.2 Å². The molecule has 0 radical (unpaired) electrons. The summed E-state index contributed by atoms with van der Waals surface area (Å²) in [5.74, 6) is 0.587. The fourth-order valence-corrected chi connectivity index (χ4v) is 4.07. The number of morpholine rings is 1. The van der Waals surface area contributed by atoms with Crippen LogP contribution in [0.4, 0.5) is 5.82 Å². The molecule has 1 aliphatic rings. The van der Waals surface area contributed by atoms with Crippen LogP contribution in [0.3, 0.4) is 0 Å². The summed E-state index contributed by atoms with van der Waals surface area (Å²) in [5.41, 5.74) is 0.894. The third kappa shape index (κ3) is 3.03. The first kappa shape index (κ1) is 16.1. The standard InChI is InChI=1S/C16H21N3O3S/c1-5-21-16(20)13-11(4)12-14(17-8-18-15(12)23-13)19-6-9(2)22-10(3)7-19/h8-10H,5-7H2,1-4H3. The predicted octanol–water partition coefficient (Wildman–Crippen LogP) is 2.79. The van der Waals surface area contributed by atoms with Crippen molar-refractivity contribution in [3.05, 3.63) is 16.8 Å². The third-order valence-electron chi connectivity index (χ3n) is 3.89. The Hall–Kier alpha value is -1.73. The van der Waals surface area contributed by atoms with E-state index in [0.717, 1.165) is 34.7 Å². The van der Waals surface area contributed by atoms with E-state index in [9.17, 15) is 4.79 Å². The Balaban J connectivity index is 2.06. The third-order valence-corrected chi connectivity index (χ3v) is 5.07. The number of thiophene rings is 1. The Morgan fingerprint density at radius 1 is 1.39 bits per heavy atom. The first-order chi connectivity index (χ1) is 11.0. The Bertz CT molecular complexity index is 721. The minimum absolute atomic E-state index is 0.146. The van der Waals surface area contributed by atoms with Gasteiger partial charge in [-0.3, -0.25) is 0 Å². The van der Waals surface area contributed by atoms with Crippen LogP contribution in [-0.4, -0.2) is 47.8 Å². The van der Waals surface area contributed by atoms with Gasteiger partial charge in [-0.2, -0.15) is 0 Å². The highest BCUT2D eigenvalue weighted by atomic mass is 32.1. The van der Waals surface area contributed by atoms with Crippen molar-refractivity contribution in [1.82, 2.24) is 9.97 Å². The molecule has 1 fully saturated rings. The second-order valence-corrected chi connectivity index (χ2v) is 6.82. The minimum atomic E-state index is -0.289. The molecule has 2 aromatic rings. The largest absolute Gasteiger partial charge is 0.462 e. The number of ether oxygens (including phenoxy) is 2. The smallest absolute Gasteiger partial charge is 0.348 e. The van der Waals surface area contributed by atoms with Crippen LogP contribution < -0.4 is 4.90 Å². The quantitative estimate of drug-likeness (QED) is 0.804. The van der Waals surface area contributed by atoms with Crippen LogP contribution in [0.2, 0.25) is 0 Å². The maximum Gasteiger partial charge on any atom is 0.348 e. The molecular weight excluding hydrogens is 314 g/mol. The van der Waals surface area contributed by atoms with E-state index in [1.165, 1.54) is 11.3 Å². The molecule has 1 aliphatic heterocycles. The molecular formula is C16H21N3O3S. The Labute approximate surface area is 139 Å². The van der Waals surface area contributed by atoms with Gasteiger partial charge in [-0.25, -0.2) is 14.8 Å². The number of anilines is 1. The molecule has 2 aromatic heterocycles. The summed E-state index contributed by atoms with van der Waals surface area (Å²) in [4.78, 5) is 24.6. The van der Waals surface area contributed by atoms with Crippen LogP contribution in [0.5, 0.6) is 0 Å². The highest BCUT2D eigenvalue weighted by Gasteiger charge is 2.27. The minimum Gasteiger partial charge on any atom is -0.462 e. The van der Waals surface area contributed by atoms with Gasteiger partial charge in [-0.05, 0) is 33.3 Å². The number of carbonyl (C=O) groups excluding carboxylic acids is 1. The number of rotatable bonds is 3. The highest BCUT2D eigenvalue weighted by molar-refractivity contribution is 7.20. The maximum absolute atomic E-state index is 12.1. The molecule has 7 heteroatoms. The molecule has 124 valence electrons. The van der Waals surface area contributed by atoms with Crippen molar-refractivity contribution in [2.45, 2.75) is 39.9 Å². The van der Waals surface area contributed by atoms with Crippen LogP contribution in [-0.2, 0) is 9.47 Å². The van der Waals surface area contributed by atoms with E-state index < -0.39 is 0 Å². The molecule has 0 bridgehead atoms. The first-order valence-electron chi connectivity index (χ1n) is 7.82. The molecule has 2 unspecified atom stereocenters. The fraction of sp³-hybridized carbons (Fsp3) is 0.562. The number of aryl methyl sites for hydroxylation is 1. The average molecular weight is 335 g/mol. The predicted molar refractivity (Wildman–Crippen MR) is 90.3 cm³/mol. The lowest BCUT2D eigenvalue weighted by molar-refractivity contribution is -0.00538. The van der Waals surface area contributed by atoms with Crippen LogP contribution >= 0.6 is 11.3 Å². The molecule has 0 aliphatic carbocycles. The van der Waals surface area contributed by atoms with Crippen molar-refractivity contribution in [2.24, 2.45) is 0 Å². The lowest BCUT2D eigenvalue weighted by atomic mass is 10.1. The van der Waals surface area contributed by atoms with Gasteiger partial charge in [-0.1, -0.05) is 0 Å². The number of hydrogen-bond acceptors (Lipinski definition) is 7. The maximum atomic E-state index is 12.1. The van der Waals surface area contributed by atoms with E-state index in [0.29, 0.717) is 11.5 Å².